The van der Waals surface area contributed by atoms with Gasteiger partial charge in [0.2, 0.25) is 0 Å². The smallest absolute Gasteiger partial charge is 0.0739 e. The normalized spacial score (nSPS) is 18.4. The second kappa shape index (κ2) is 9.42. The zero-order valence-electron chi connectivity index (χ0n) is 12.4. The van der Waals surface area contributed by atoms with Crippen molar-refractivity contribution in [3.8, 4) is 11.8 Å². The van der Waals surface area contributed by atoms with Crippen molar-refractivity contribution < 1.29 is 4.74 Å². The lowest BCUT2D eigenvalue weighted by Crippen LogP contribution is -2.45. The van der Waals surface area contributed by atoms with Crippen LogP contribution in [0.2, 0.25) is 0 Å². The molecular weight excluding hydrogens is 222 g/mol. The Balaban J connectivity index is 2.35. The van der Waals surface area contributed by atoms with E-state index in [0.29, 0.717) is 12.0 Å². The van der Waals surface area contributed by atoms with Gasteiger partial charge in [-0.25, -0.2) is 0 Å². The van der Waals surface area contributed by atoms with Gasteiger partial charge in [-0.1, -0.05) is 46.0 Å². The Morgan fingerprint density at radius 1 is 1.11 bits per heavy atom. The highest BCUT2D eigenvalue weighted by Crippen LogP contribution is 2.12. The molecule has 0 spiro atoms. The molecule has 2 nitrogen and oxygen atoms in total. The monoisotopic (exact) mass is 251 g/mol. The molecule has 0 saturated carbocycles. The minimum absolute atomic E-state index is 0.417. The van der Waals surface area contributed by atoms with E-state index < -0.39 is 0 Å². The summed E-state index contributed by atoms with van der Waals surface area (Å²) in [5, 5.41) is 0. The Hall–Kier alpha value is -0.520. The number of ether oxygens (including phenoxy) is 1. The summed E-state index contributed by atoms with van der Waals surface area (Å²) in [6.07, 6.45) is 6.30. The van der Waals surface area contributed by atoms with E-state index in [-0.39, 0.29) is 0 Å². The maximum Gasteiger partial charge on any atom is 0.0739 e. The third-order valence-electron chi connectivity index (χ3n) is 3.48. The predicted molar refractivity (Wildman–Crippen MR) is 77.6 cm³/mol. The lowest BCUT2D eigenvalue weighted by molar-refractivity contribution is 0.0194. The van der Waals surface area contributed by atoms with E-state index in [0.717, 1.165) is 32.7 Å². The van der Waals surface area contributed by atoms with Crippen molar-refractivity contribution in [3.05, 3.63) is 0 Å². The van der Waals surface area contributed by atoms with E-state index in [1.165, 1.54) is 25.7 Å². The molecule has 0 bridgehead atoms. The van der Waals surface area contributed by atoms with Crippen molar-refractivity contribution in [1.82, 2.24) is 4.90 Å². The van der Waals surface area contributed by atoms with E-state index in [1.54, 1.807) is 0 Å². The van der Waals surface area contributed by atoms with Gasteiger partial charge in [-0.05, 0) is 12.3 Å². The molecule has 0 aliphatic carbocycles. The molecule has 0 radical (unpaired) electrons. The molecule has 1 atom stereocenters. The molecule has 0 N–H and O–H groups in total. The number of hydrogen-bond acceptors (Lipinski definition) is 2. The zero-order chi connectivity index (χ0) is 13.2. The second-order valence-corrected chi connectivity index (χ2v) is 5.47. The zero-order valence-corrected chi connectivity index (χ0v) is 12.4. The fraction of sp³-hybridized carbons (Fsp3) is 0.875. The second-order valence-electron chi connectivity index (χ2n) is 5.47. The van der Waals surface area contributed by atoms with Crippen LogP contribution in [0.25, 0.3) is 0 Å². The van der Waals surface area contributed by atoms with Crippen molar-refractivity contribution in [2.24, 2.45) is 5.92 Å². The van der Waals surface area contributed by atoms with Gasteiger partial charge in [-0.3, -0.25) is 4.90 Å². The fourth-order valence-electron chi connectivity index (χ4n) is 2.35. The Morgan fingerprint density at radius 2 is 1.83 bits per heavy atom. The summed E-state index contributed by atoms with van der Waals surface area (Å²) in [4.78, 5) is 2.48. The first-order valence-electron chi connectivity index (χ1n) is 7.56. The number of rotatable bonds is 6. The van der Waals surface area contributed by atoms with Crippen LogP contribution in [0.4, 0.5) is 0 Å². The first-order valence-corrected chi connectivity index (χ1v) is 7.56. The molecule has 1 aliphatic heterocycles. The van der Waals surface area contributed by atoms with Gasteiger partial charge < -0.3 is 4.74 Å². The third kappa shape index (κ3) is 5.89. The maximum atomic E-state index is 5.41. The highest BCUT2D eigenvalue weighted by molar-refractivity contribution is 5.09. The van der Waals surface area contributed by atoms with Gasteiger partial charge in [0.15, 0.2) is 0 Å². The van der Waals surface area contributed by atoms with Gasteiger partial charge in [0, 0.05) is 19.5 Å². The quantitative estimate of drug-likeness (QED) is 0.530. The van der Waals surface area contributed by atoms with Crippen LogP contribution in [0.15, 0.2) is 0 Å². The molecule has 104 valence electrons. The Bertz CT molecular complexity index is 258. The number of nitrogens with zero attached hydrogens (tertiary/aromatic N) is 1. The molecule has 2 heteroatoms. The Labute approximate surface area is 113 Å². The van der Waals surface area contributed by atoms with Crippen molar-refractivity contribution in [2.75, 3.05) is 26.3 Å². The molecular formula is C16H29NO. The van der Waals surface area contributed by atoms with Gasteiger partial charge >= 0.3 is 0 Å². The van der Waals surface area contributed by atoms with Crippen LogP contribution in [0.1, 0.15) is 52.9 Å². The Kier molecular flexibility index (Phi) is 8.13. The largest absolute Gasteiger partial charge is 0.379 e. The fourth-order valence-corrected chi connectivity index (χ4v) is 2.35. The molecule has 1 rings (SSSR count). The molecule has 0 amide bonds. The molecule has 1 aliphatic rings. The van der Waals surface area contributed by atoms with Crippen LogP contribution in [-0.4, -0.2) is 37.2 Å². The first kappa shape index (κ1) is 15.5. The minimum Gasteiger partial charge on any atom is -0.379 e. The summed E-state index contributed by atoms with van der Waals surface area (Å²) in [6, 6.07) is 0.417. The van der Waals surface area contributed by atoms with Gasteiger partial charge in [0.05, 0.1) is 19.3 Å². The molecule has 1 heterocycles. The SMILES string of the molecule is CCCCCCC#CC(C(C)C)N1CCOCC1. The van der Waals surface area contributed by atoms with Gasteiger partial charge in [0.25, 0.3) is 0 Å². The number of hydrogen-bond donors (Lipinski definition) is 0. The molecule has 0 aromatic heterocycles. The minimum atomic E-state index is 0.417. The number of morpholine rings is 1. The van der Waals surface area contributed by atoms with E-state index >= 15 is 0 Å². The molecule has 1 saturated heterocycles. The molecule has 1 unspecified atom stereocenters. The van der Waals surface area contributed by atoms with Crippen LogP contribution in [0, 0.1) is 17.8 Å². The van der Waals surface area contributed by atoms with E-state index in [9.17, 15) is 0 Å². The van der Waals surface area contributed by atoms with Crippen LogP contribution in [-0.2, 0) is 4.74 Å². The molecule has 18 heavy (non-hydrogen) atoms. The van der Waals surface area contributed by atoms with Crippen LogP contribution < -0.4 is 0 Å². The summed E-state index contributed by atoms with van der Waals surface area (Å²) >= 11 is 0. The highest BCUT2D eigenvalue weighted by atomic mass is 16.5. The van der Waals surface area contributed by atoms with Crippen molar-refractivity contribution in [3.63, 3.8) is 0 Å². The lowest BCUT2D eigenvalue weighted by Gasteiger charge is -2.33. The third-order valence-corrected chi connectivity index (χ3v) is 3.48. The van der Waals surface area contributed by atoms with Gasteiger partial charge in [-0.15, -0.1) is 5.92 Å². The van der Waals surface area contributed by atoms with Gasteiger partial charge in [-0.2, -0.15) is 0 Å². The van der Waals surface area contributed by atoms with Crippen LogP contribution in [0.5, 0.6) is 0 Å². The topological polar surface area (TPSA) is 12.5 Å². The average molecular weight is 251 g/mol. The summed E-state index contributed by atoms with van der Waals surface area (Å²) < 4.78 is 5.41. The van der Waals surface area contributed by atoms with E-state index in [2.05, 4.69) is 37.5 Å². The highest BCUT2D eigenvalue weighted by Gasteiger charge is 2.21. The maximum absolute atomic E-state index is 5.41. The molecule has 0 aromatic carbocycles. The van der Waals surface area contributed by atoms with E-state index in [4.69, 9.17) is 4.74 Å². The average Bonchev–Trinajstić information content (AvgIpc) is 2.38. The molecule has 0 aromatic rings. The summed E-state index contributed by atoms with van der Waals surface area (Å²) in [7, 11) is 0. The van der Waals surface area contributed by atoms with E-state index in [1.807, 2.05) is 0 Å². The predicted octanol–water partition coefficient (Wildman–Crippen LogP) is 3.32. The first-order chi connectivity index (χ1) is 8.75. The summed E-state index contributed by atoms with van der Waals surface area (Å²) in [5.74, 6) is 7.48. The van der Waals surface area contributed by atoms with Crippen LogP contribution >= 0.6 is 0 Å². The van der Waals surface area contributed by atoms with Crippen molar-refractivity contribution >= 4 is 0 Å². The lowest BCUT2D eigenvalue weighted by atomic mass is 10.0. The Morgan fingerprint density at radius 3 is 2.44 bits per heavy atom. The molecule has 1 fully saturated rings. The van der Waals surface area contributed by atoms with Crippen molar-refractivity contribution in [1.29, 1.82) is 0 Å². The van der Waals surface area contributed by atoms with Crippen LogP contribution in [0.3, 0.4) is 0 Å². The van der Waals surface area contributed by atoms with Crippen molar-refractivity contribution in [2.45, 2.75) is 58.9 Å². The standard InChI is InChI=1S/C16H29NO/c1-4-5-6-7-8-9-10-16(15(2)3)17-11-13-18-14-12-17/h15-16H,4-8,11-14H2,1-3H3. The number of unbranched alkanes of at least 4 members (excludes halogenated alkanes) is 4. The summed E-state index contributed by atoms with van der Waals surface area (Å²) in [6.45, 7) is 10.6. The summed E-state index contributed by atoms with van der Waals surface area (Å²) in [5.41, 5.74) is 0. The van der Waals surface area contributed by atoms with Gasteiger partial charge in [0.1, 0.15) is 0 Å².